The zero-order valence-electron chi connectivity index (χ0n) is 11.3. The summed E-state index contributed by atoms with van der Waals surface area (Å²) in [5, 5.41) is 18.6. The molecule has 0 saturated heterocycles. The molecule has 0 radical (unpaired) electrons. The molecule has 0 spiro atoms. The third kappa shape index (κ3) is 4.54. The van der Waals surface area contributed by atoms with Gasteiger partial charge in [0, 0.05) is 5.69 Å². The maximum absolute atomic E-state index is 11.1. The van der Waals surface area contributed by atoms with Crippen molar-refractivity contribution >= 4 is 27.9 Å². The van der Waals surface area contributed by atoms with Gasteiger partial charge in [-0.3, -0.25) is 4.72 Å². The van der Waals surface area contributed by atoms with Gasteiger partial charge in [-0.05, 0) is 35.4 Å². The van der Waals surface area contributed by atoms with Gasteiger partial charge in [0.2, 0.25) is 10.0 Å². The van der Waals surface area contributed by atoms with Crippen molar-refractivity contribution in [3.8, 4) is 11.5 Å². The zero-order chi connectivity index (χ0) is 15.5. The van der Waals surface area contributed by atoms with Gasteiger partial charge in [0.05, 0.1) is 6.26 Å². The highest BCUT2D eigenvalue weighted by atomic mass is 32.2. The highest BCUT2D eigenvalue weighted by Gasteiger charge is 2.01. The molecule has 110 valence electrons. The molecule has 0 fully saturated rings. The molecule has 2 rings (SSSR count). The lowest BCUT2D eigenvalue weighted by Crippen LogP contribution is -2.09. The van der Waals surface area contributed by atoms with E-state index in [2.05, 4.69) is 4.72 Å². The number of sulfonamides is 1. The van der Waals surface area contributed by atoms with E-state index in [0.717, 1.165) is 17.4 Å². The molecule has 0 aliphatic heterocycles. The topological polar surface area (TPSA) is 86.6 Å². The summed E-state index contributed by atoms with van der Waals surface area (Å²) >= 11 is 0. The second-order valence-electron chi connectivity index (χ2n) is 4.58. The Labute approximate surface area is 123 Å². The van der Waals surface area contributed by atoms with Crippen LogP contribution in [-0.4, -0.2) is 24.9 Å². The Morgan fingerprint density at radius 3 is 2.05 bits per heavy atom. The third-order valence-electron chi connectivity index (χ3n) is 2.68. The Balaban J connectivity index is 2.12. The fraction of sp³-hybridized carbons (Fsp3) is 0.0667. The highest BCUT2D eigenvalue weighted by molar-refractivity contribution is 7.92. The predicted octanol–water partition coefficient (Wildman–Crippen LogP) is 2.64. The van der Waals surface area contributed by atoms with Crippen LogP contribution in [0.4, 0.5) is 5.69 Å². The van der Waals surface area contributed by atoms with Gasteiger partial charge in [0.1, 0.15) is 0 Å². The van der Waals surface area contributed by atoms with Crippen molar-refractivity contribution in [2.45, 2.75) is 0 Å². The Hall–Kier alpha value is -2.47. The number of rotatable bonds is 4. The van der Waals surface area contributed by atoms with E-state index in [-0.39, 0.29) is 11.5 Å². The molecule has 2 aromatic carbocycles. The minimum atomic E-state index is -3.27. The van der Waals surface area contributed by atoms with Crippen molar-refractivity contribution in [3.63, 3.8) is 0 Å². The monoisotopic (exact) mass is 305 g/mol. The van der Waals surface area contributed by atoms with E-state index in [1.54, 1.807) is 36.4 Å². The molecule has 3 N–H and O–H groups in total. The molecule has 0 bridgehead atoms. The molecule has 21 heavy (non-hydrogen) atoms. The summed E-state index contributed by atoms with van der Waals surface area (Å²) in [4.78, 5) is 0. The number of hydrogen-bond acceptors (Lipinski definition) is 4. The highest BCUT2D eigenvalue weighted by Crippen LogP contribution is 2.25. The summed E-state index contributed by atoms with van der Waals surface area (Å²) in [7, 11) is -3.27. The number of nitrogens with one attached hydrogen (secondary N) is 1. The molecule has 6 heteroatoms. The first-order valence-corrected chi connectivity index (χ1v) is 8.00. The summed E-state index contributed by atoms with van der Waals surface area (Å²) in [5.41, 5.74) is 2.11. The Morgan fingerprint density at radius 1 is 0.905 bits per heavy atom. The van der Waals surface area contributed by atoms with Gasteiger partial charge in [-0.15, -0.1) is 0 Å². The van der Waals surface area contributed by atoms with E-state index in [1.165, 1.54) is 12.1 Å². The van der Waals surface area contributed by atoms with Crippen LogP contribution >= 0.6 is 0 Å². The van der Waals surface area contributed by atoms with Crippen LogP contribution in [0, 0.1) is 0 Å². The molecule has 5 nitrogen and oxygen atoms in total. The quantitative estimate of drug-likeness (QED) is 0.598. The van der Waals surface area contributed by atoms with Crippen LogP contribution < -0.4 is 4.72 Å². The smallest absolute Gasteiger partial charge is 0.229 e. The van der Waals surface area contributed by atoms with Gasteiger partial charge in [0.25, 0.3) is 0 Å². The average Bonchev–Trinajstić information content (AvgIpc) is 2.40. The largest absolute Gasteiger partial charge is 0.504 e. The van der Waals surface area contributed by atoms with Crippen molar-refractivity contribution in [3.05, 3.63) is 53.6 Å². The number of benzene rings is 2. The zero-order valence-corrected chi connectivity index (χ0v) is 12.1. The molecule has 0 aliphatic rings. The normalized spacial score (nSPS) is 11.7. The molecular formula is C15H15NO4S. The second kappa shape index (κ2) is 5.88. The lowest BCUT2D eigenvalue weighted by molar-refractivity contribution is 0.403. The van der Waals surface area contributed by atoms with Crippen molar-refractivity contribution in [1.29, 1.82) is 0 Å². The van der Waals surface area contributed by atoms with Crippen LogP contribution in [0.2, 0.25) is 0 Å². The fourth-order valence-electron chi connectivity index (χ4n) is 1.71. The van der Waals surface area contributed by atoms with E-state index in [1.807, 2.05) is 6.08 Å². The standard InChI is InChI=1S/C15H15NO4S/c1-21(19,20)16-13-7-4-11(5-8-13)2-3-12-6-9-14(17)15(18)10-12/h2-10,16-18H,1H3/b3-2+. The second-order valence-corrected chi connectivity index (χ2v) is 6.33. The maximum atomic E-state index is 11.1. The van der Waals surface area contributed by atoms with Crippen molar-refractivity contribution < 1.29 is 18.6 Å². The molecule has 2 aromatic rings. The Kier molecular flexibility index (Phi) is 4.18. The number of phenolic OH excluding ortho intramolecular Hbond substituents is 2. The lowest BCUT2D eigenvalue weighted by Gasteiger charge is -2.03. The van der Waals surface area contributed by atoms with Crippen LogP contribution in [0.15, 0.2) is 42.5 Å². The van der Waals surface area contributed by atoms with Crippen LogP contribution in [-0.2, 0) is 10.0 Å². The first-order chi connectivity index (χ1) is 9.83. The van der Waals surface area contributed by atoms with Crippen molar-refractivity contribution in [2.75, 3.05) is 11.0 Å². The van der Waals surface area contributed by atoms with Gasteiger partial charge in [-0.1, -0.05) is 30.4 Å². The van der Waals surface area contributed by atoms with Crippen LogP contribution in [0.1, 0.15) is 11.1 Å². The van der Waals surface area contributed by atoms with Crippen LogP contribution in [0.25, 0.3) is 12.2 Å². The van der Waals surface area contributed by atoms with Crippen LogP contribution in [0.5, 0.6) is 11.5 Å². The van der Waals surface area contributed by atoms with Crippen molar-refractivity contribution in [2.24, 2.45) is 0 Å². The molecule has 0 unspecified atom stereocenters. The van der Waals surface area contributed by atoms with Crippen LogP contribution in [0.3, 0.4) is 0 Å². The lowest BCUT2D eigenvalue weighted by atomic mass is 10.1. The molecule has 0 heterocycles. The predicted molar refractivity (Wildman–Crippen MR) is 83.6 cm³/mol. The van der Waals surface area contributed by atoms with E-state index >= 15 is 0 Å². The molecule has 0 amide bonds. The molecule has 0 aliphatic carbocycles. The number of anilines is 1. The third-order valence-corrected chi connectivity index (χ3v) is 3.29. The summed E-state index contributed by atoms with van der Waals surface area (Å²) in [5.74, 6) is -0.340. The SMILES string of the molecule is CS(=O)(=O)Nc1ccc(/C=C/c2ccc(O)c(O)c2)cc1. The van der Waals surface area contributed by atoms with E-state index in [0.29, 0.717) is 5.69 Å². The van der Waals surface area contributed by atoms with Gasteiger partial charge in [0.15, 0.2) is 11.5 Å². The first kappa shape index (κ1) is 14.9. The van der Waals surface area contributed by atoms with Gasteiger partial charge in [-0.2, -0.15) is 0 Å². The summed E-state index contributed by atoms with van der Waals surface area (Å²) in [6, 6.07) is 11.4. The fourth-order valence-corrected chi connectivity index (χ4v) is 2.28. The number of hydrogen-bond donors (Lipinski definition) is 3. The maximum Gasteiger partial charge on any atom is 0.229 e. The van der Waals surface area contributed by atoms with E-state index in [9.17, 15) is 18.6 Å². The van der Waals surface area contributed by atoms with Gasteiger partial charge >= 0.3 is 0 Å². The van der Waals surface area contributed by atoms with E-state index in [4.69, 9.17) is 0 Å². The summed E-state index contributed by atoms with van der Waals surface area (Å²) < 4.78 is 24.6. The number of aromatic hydroxyl groups is 2. The Bertz CT molecular complexity index is 765. The Morgan fingerprint density at radius 2 is 1.48 bits per heavy atom. The van der Waals surface area contributed by atoms with Gasteiger partial charge in [-0.25, -0.2) is 8.42 Å². The first-order valence-electron chi connectivity index (χ1n) is 6.11. The number of phenols is 2. The summed E-state index contributed by atoms with van der Waals surface area (Å²) in [6.07, 6.45) is 4.69. The summed E-state index contributed by atoms with van der Waals surface area (Å²) in [6.45, 7) is 0. The van der Waals surface area contributed by atoms with Crippen molar-refractivity contribution in [1.82, 2.24) is 0 Å². The molecule has 0 saturated carbocycles. The van der Waals surface area contributed by atoms with Gasteiger partial charge < -0.3 is 10.2 Å². The molecule has 0 aromatic heterocycles. The minimum Gasteiger partial charge on any atom is -0.504 e. The molecule has 0 atom stereocenters. The minimum absolute atomic E-state index is 0.164. The average molecular weight is 305 g/mol. The van der Waals surface area contributed by atoms with E-state index < -0.39 is 10.0 Å². The molecular weight excluding hydrogens is 290 g/mol.